The monoisotopic (exact) mass is 258 g/mol. The van der Waals surface area contributed by atoms with Crippen LogP contribution in [0.25, 0.3) is 0 Å². The summed E-state index contributed by atoms with van der Waals surface area (Å²) in [6.45, 7) is -1.37. The average molecular weight is 259 g/mol. The Morgan fingerprint density at radius 2 is 1.93 bits per heavy atom. The summed E-state index contributed by atoms with van der Waals surface area (Å²) in [6.07, 6.45) is -4.39. The third-order valence-corrected chi connectivity index (χ3v) is 2.16. The van der Waals surface area contributed by atoms with E-state index in [-0.39, 0.29) is 16.7 Å². The smallest absolute Gasteiger partial charge is 0.422 e. The highest BCUT2D eigenvalue weighted by molar-refractivity contribution is 6.32. The number of para-hydroxylation sites is 1. The molecule has 84 valence electrons. The summed E-state index contributed by atoms with van der Waals surface area (Å²) in [7, 11) is 0. The van der Waals surface area contributed by atoms with E-state index in [1.54, 1.807) is 12.1 Å². The molecule has 1 aromatic carbocycles. The van der Waals surface area contributed by atoms with Gasteiger partial charge in [0.2, 0.25) is 0 Å². The summed E-state index contributed by atoms with van der Waals surface area (Å²) in [5, 5.41) is 0.123. The molecule has 0 N–H and O–H groups in total. The topological polar surface area (TPSA) is 9.23 Å². The summed E-state index contributed by atoms with van der Waals surface area (Å²) in [5.74, 6) is 0.0415. The van der Waals surface area contributed by atoms with E-state index in [9.17, 15) is 13.2 Å². The standard InChI is InChI=1S/C9H7Cl2F3O/c10-4-6-2-1-3-7(11)8(6)15-5-9(12,13)14/h1-3H,4-5H2. The molecule has 0 amide bonds. The number of hydrogen-bond acceptors (Lipinski definition) is 1. The molecule has 0 unspecified atom stereocenters. The first-order valence-corrected chi connectivity index (χ1v) is 4.88. The Kier molecular flexibility index (Phi) is 4.11. The molecule has 6 heteroatoms. The van der Waals surface area contributed by atoms with Crippen molar-refractivity contribution in [3.05, 3.63) is 28.8 Å². The van der Waals surface area contributed by atoms with Gasteiger partial charge >= 0.3 is 6.18 Å². The van der Waals surface area contributed by atoms with E-state index >= 15 is 0 Å². The summed E-state index contributed by atoms with van der Waals surface area (Å²) >= 11 is 11.2. The van der Waals surface area contributed by atoms with Crippen molar-refractivity contribution in [2.45, 2.75) is 12.1 Å². The lowest BCUT2D eigenvalue weighted by molar-refractivity contribution is -0.153. The van der Waals surface area contributed by atoms with Crippen LogP contribution in [0.4, 0.5) is 13.2 Å². The van der Waals surface area contributed by atoms with Crippen molar-refractivity contribution >= 4 is 23.2 Å². The quantitative estimate of drug-likeness (QED) is 0.745. The van der Waals surface area contributed by atoms with Crippen molar-refractivity contribution in [2.24, 2.45) is 0 Å². The maximum Gasteiger partial charge on any atom is 0.422 e. The van der Waals surface area contributed by atoms with Gasteiger partial charge < -0.3 is 4.74 Å². The zero-order chi connectivity index (χ0) is 11.5. The third-order valence-electron chi connectivity index (χ3n) is 1.57. The highest BCUT2D eigenvalue weighted by Gasteiger charge is 2.29. The van der Waals surface area contributed by atoms with Crippen LogP contribution >= 0.6 is 23.2 Å². The van der Waals surface area contributed by atoms with E-state index in [2.05, 4.69) is 4.74 Å². The summed E-state index contributed by atoms with van der Waals surface area (Å²) < 4.78 is 40.3. The molecule has 1 nitrogen and oxygen atoms in total. The van der Waals surface area contributed by atoms with Gasteiger partial charge in [0.1, 0.15) is 5.75 Å². The van der Waals surface area contributed by atoms with E-state index in [0.717, 1.165) is 0 Å². The number of ether oxygens (including phenoxy) is 1. The molecule has 0 saturated carbocycles. The molecule has 0 spiro atoms. The summed E-state index contributed by atoms with van der Waals surface area (Å²) in [4.78, 5) is 0. The number of rotatable bonds is 3. The molecule has 0 fully saturated rings. The molecule has 0 bridgehead atoms. The normalized spacial score (nSPS) is 11.5. The van der Waals surface area contributed by atoms with Crippen LogP contribution in [0.5, 0.6) is 5.75 Å². The van der Waals surface area contributed by atoms with Gasteiger partial charge in [0, 0.05) is 5.56 Å². The Morgan fingerprint density at radius 3 is 2.47 bits per heavy atom. The van der Waals surface area contributed by atoms with Gasteiger partial charge in [0.05, 0.1) is 10.9 Å². The SMILES string of the molecule is FC(F)(F)COc1c(Cl)cccc1CCl. The fourth-order valence-corrected chi connectivity index (χ4v) is 1.43. The van der Waals surface area contributed by atoms with Crippen molar-refractivity contribution in [3.8, 4) is 5.75 Å². The minimum atomic E-state index is -4.39. The van der Waals surface area contributed by atoms with Crippen molar-refractivity contribution in [1.29, 1.82) is 0 Å². The maximum atomic E-state index is 11.9. The predicted octanol–water partition coefficient (Wildman–Crippen LogP) is 4.02. The van der Waals surface area contributed by atoms with E-state index in [4.69, 9.17) is 23.2 Å². The molecular formula is C9H7Cl2F3O. The highest BCUT2D eigenvalue weighted by atomic mass is 35.5. The van der Waals surface area contributed by atoms with Gasteiger partial charge in [-0.2, -0.15) is 13.2 Å². The molecule has 0 aliphatic carbocycles. The van der Waals surface area contributed by atoms with Gasteiger partial charge in [0.25, 0.3) is 0 Å². The molecule has 0 saturated heterocycles. The van der Waals surface area contributed by atoms with Crippen molar-refractivity contribution in [2.75, 3.05) is 6.61 Å². The molecule has 0 aliphatic rings. The molecule has 1 rings (SSSR count). The molecule has 15 heavy (non-hydrogen) atoms. The molecule has 0 radical (unpaired) electrons. The Labute approximate surface area is 94.7 Å². The summed E-state index contributed by atoms with van der Waals surface area (Å²) in [5.41, 5.74) is 0.438. The van der Waals surface area contributed by atoms with Crippen LogP contribution in [-0.2, 0) is 5.88 Å². The van der Waals surface area contributed by atoms with Crippen LogP contribution in [0.1, 0.15) is 5.56 Å². The fraction of sp³-hybridized carbons (Fsp3) is 0.333. The largest absolute Gasteiger partial charge is 0.482 e. The third kappa shape index (κ3) is 3.80. The highest BCUT2D eigenvalue weighted by Crippen LogP contribution is 2.31. The average Bonchev–Trinajstić information content (AvgIpc) is 2.14. The fourth-order valence-electron chi connectivity index (χ4n) is 0.974. The number of benzene rings is 1. The molecule has 0 aliphatic heterocycles. The lowest BCUT2D eigenvalue weighted by atomic mass is 10.2. The number of hydrogen-bond donors (Lipinski definition) is 0. The zero-order valence-corrected chi connectivity index (χ0v) is 8.96. The number of alkyl halides is 4. The van der Waals surface area contributed by atoms with Crippen LogP contribution < -0.4 is 4.74 Å². The van der Waals surface area contributed by atoms with Gasteiger partial charge in [0.15, 0.2) is 6.61 Å². The lowest BCUT2D eigenvalue weighted by Gasteiger charge is -2.13. The van der Waals surface area contributed by atoms with E-state index in [1.165, 1.54) is 6.07 Å². The predicted molar refractivity (Wildman–Crippen MR) is 52.6 cm³/mol. The Hall–Kier alpha value is -0.610. The van der Waals surface area contributed by atoms with Gasteiger partial charge in [-0.25, -0.2) is 0 Å². The van der Waals surface area contributed by atoms with Gasteiger partial charge in [-0.15, -0.1) is 11.6 Å². The minimum absolute atomic E-state index is 0.00788. The van der Waals surface area contributed by atoms with Gasteiger partial charge in [-0.1, -0.05) is 23.7 Å². The first-order valence-electron chi connectivity index (χ1n) is 3.97. The zero-order valence-electron chi connectivity index (χ0n) is 7.44. The van der Waals surface area contributed by atoms with Gasteiger partial charge in [-0.05, 0) is 6.07 Å². The first kappa shape index (κ1) is 12.5. The second kappa shape index (κ2) is 4.94. The number of halogens is 5. The lowest BCUT2D eigenvalue weighted by Crippen LogP contribution is -2.19. The van der Waals surface area contributed by atoms with Crippen LogP contribution in [0.2, 0.25) is 5.02 Å². The Morgan fingerprint density at radius 1 is 1.27 bits per heavy atom. The second-order valence-corrected chi connectivity index (χ2v) is 3.44. The first-order chi connectivity index (χ1) is 6.94. The maximum absolute atomic E-state index is 11.9. The van der Waals surface area contributed by atoms with Crippen LogP contribution in [0, 0.1) is 0 Å². The van der Waals surface area contributed by atoms with Crippen LogP contribution in [-0.4, -0.2) is 12.8 Å². The van der Waals surface area contributed by atoms with Crippen molar-refractivity contribution < 1.29 is 17.9 Å². The molecule has 0 heterocycles. The molecule has 0 atom stereocenters. The second-order valence-electron chi connectivity index (χ2n) is 2.77. The van der Waals surface area contributed by atoms with Crippen molar-refractivity contribution in [1.82, 2.24) is 0 Å². The van der Waals surface area contributed by atoms with Gasteiger partial charge in [-0.3, -0.25) is 0 Å². The summed E-state index contributed by atoms with van der Waals surface area (Å²) in [6, 6.07) is 4.61. The van der Waals surface area contributed by atoms with Crippen LogP contribution in [0.3, 0.4) is 0 Å². The van der Waals surface area contributed by atoms with Crippen molar-refractivity contribution in [3.63, 3.8) is 0 Å². The minimum Gasteiger partial charge on any atom is -0.482 e. The van der Waals surface area contributed by atoms with E-state index in [0.29, 0.717) is 5.56 Å². The van der Waals surface area contributed by atoms with E-state index < -0.39 is 12.8 Å². The Balaban J connectivity index is 2.83. The molecular weight excluding hydrogens is 252 g/mol. The van der Waals surface area contributed by atoms with E-state index in [1.807, 2.05) is 0 Å². The molecule has 0 aromatic heterocycles. The molecule has 1 aromatic rings. The van der Waals surface area contributed by atoms with Crippen LogP contribution in [0.15, 0.2) is 18.2 Å². The Bertz CT molecular complexity index is 339.